The van der Waals surface area contributed by atoms with Crippen LogP contribution in [0.2, 0.25) is 0 Å². The minimum absolute atomic E-state index is 0.492. The maximum absolute atomic E-state index is 10.6. The fraction of sp³-hybridized carbons (Fsp3) is 0.273. The predicted molar refractivity (Wildman–Crippen MR) is 62.2 cm³/mol. The molecule has 6 nitrogen and oxygen atoms in total. The summed E-state index contributed by atoms with van der Waals surface area (Å²) in [5.74, 6) is 1.50. The molecule has 1 rings (SSSR count). The van der Waals surface area contributed by atoms with Gasteiger partial charge in [-0.05, 0) is 17.7 Å². The smallest absolute Gasteiger partial charge is 0.312 e. The number of hydrogen-bond donors (Lipinski definition) is 2. The summed E-state index contributed by atoms with van der Waals surface area (Å²) in [5, 5.41) is 2.36. The zero-order valence-corrected chi connectivity index (χ0v) is 9.94. The molecule has 0 fully saturated rings. The van der Waals surface area contributed by atoms with Crippen molar-refractivity contribution in [1.82, 2.24) is 5.32 Å². The maximum atomic E-state index is 10.6. The van der Waals surface area contributed by atoms with Crippen LogP contribution in [-0.2, 0) is 0 Å². The van der Waals surface area contributed by atoms with E-state index in [1.807, 2.05) is 0 Å². The van der Waals surface area contributed by atoms with Crippen LogP contribution in [0.3, 0.4) is 0 Å². The molecular weight excluding hydrogens is 224 g/mol. The maximum Gasteiger partial charge on any atom is 0.312 e. The average molecular weight is 239 g/mol. The number of rotatable bonds is 5. The quantitative estimate of drug-likeness (QED) is 0.799. The van der Waals surface area contributed by atoms with Crippen molar-refractivity contribution in [3.63, 3.8) is 0 Å². The molecule has 0 aliphatic heterocycles. The monoisotopic (exact) mass is 239 g/mol. The minimum atomic E-state index is -0.640. The lowest BCUT2D eigenvalue weighted by Crippen LogP contribution is -2.27. The fourth-order valence-electron chi connectivity index (χ4n) is 1.34. The van der Waals surface area contributed by atoms with Gasteiger partial charge in [-0.25, -0.2) is 4.79 Å². The van der Waals surface area contributed by atoms with Crippen LogP contribution in [0.15, 0.2) is 12.1 Å². The number of ether oxygens (including phenoxy) is 3. The Hall–Kier alpha value is -2.11. The largest absolute Gasteiger partial charge is 0.493 e. The summed E-state index contributed by atoms with van der Waals surface area (Å²) in [6.45, 7) is 1.45. The van der Waals surface area contributed by atoms with Crippen molar-refractivity contribution in [3.05, 3.63) is 24.2 Å². The number of amides is 2. The highest BCUT2D eigenvalue weighted by Gasteiger charge is 2.13. The summed E-state index contributed by atoms with van der Waals surface area (Å²) in [7, 11) is 4.55. The first kappa shape index (κ1) is 13.0. The molecule has 2 amide bonds. The highest BCUT2D eigenvalue weighted by molar-refractivity contribution is 5.73. The highest BCUT2D eigenvalue weighted by atomic mass is 16.5. The SMILES string of the molecule is COc1cc([CH]NC(N)=O)cc(OC)c1OC. The first-order chi connectivity index (χ1) is 8.12. The number of nitrogens with one attached hydrogen (secondary N) is 1. The molecule has 0 unspecified atom stereocenters. The van der Waals surface area contributed by atoms with E-state index < -0.39 is 6.03 Å². The van der Waals surface area contributed by atoms with Crippen molar-refractivity contribution >= 4 is 6.03 Å². The zero-order chi connectivity index (χ0) is 12.8. The summed E-state index contributed by atoms with van der Waals surface area (Å²) in [6, 6.07) is 2.74. The van der Waals surface area contributed by atoms with Gasteiger partial charge in [0.05, 0.1) is 27.9 Å². The Morgan fingerprint density at radius 2 is 1.71 bits per heavy atom. The zero-order valence-electron chi connectivity index (χ0n) is 9.94. The van der Waals surface area contributed by atoms with Crippen LogP contribution < -0.4 is 25.3 Å². The molecule has 0 aromatic heterocycles. The Kier molecular flexibility index (Phi) is 4.45. The minimum Gasteiger partial charge on any atom is -0.493 e. The van der Waals surface area contributed by atoms with Gasteiger partial charge in [-0.3, -0.25) is 0 Å². The molecule has 17 heavy (non-hydrogen) atoms. The van der Waals surface area contributed by atoms with Crippen molar-refractivity contribution < 1.29 is 19.0 Å². The second kappa shape index (κ2) is 5.83. The number of carbonyl (C=O) groups excluding carboxylic acids is 1. The number of nitrogens with two attached hydrogens (primary N) is 1. The molecule has 3 N–H and O–H groups in total. The van der Waals surface area contributed by atoms with Gasteiger partial charge < -0.3 is 25.3 Å². The standard InChI is InChI=1S/C11H15N2O4/c1-15-8-4-7(6-13-11(12)14)5-9(16-2)10(8)17-3/h4-6H,1-3H3,(H3,12,13,14). The van der Waals surface area contributed by atoms with E-state index in [9.17, 15) is 4.79 Å². The number of carbonyl (C=O) groups is 1. The average Bonchev–Trinajstić information content (AvgIpc) is 2.34. The van der Waals surface area contributed by atoms with Crippen LogP contribution in [0.25, 0.3) is 0 Å². The van der Waals surface area contributed by atoms with Crippen molar-refractivity contribution in [1.29, 1.82) is 0 Å². The van der Waals surface area contributed by atoms with E-state index in [1.165, 1.54) is 27.9 Å². The summed E-state index contributed by atoms with van der Waals surface area (Å²) in [6.07, 6.45) is 0. The number of urea groups is 1. The van der Waals surface area contributed by atoms with Gasteiger partial charge >= 0.3 is 6.03 Å². The molecule has 1 radical (unpaired) electrons. The second-order valence-corrected chi connectivity index (χ2v) is 3.11. The van der Waals surface area contributed by atoms with Crippen LogP contribution in [-0.4, -0.2) is 27.4 Å². The molecule has 0 atom stereocenters. The van der Waals surface area contributed by atoms with E-state index in [0.717, 1.165) is 0 Å². The summed E-state index contributed by atoms with van der Waals surface area (Å²) in [4.78, 5) is 10.6. The van der Waals surface area contributed by atoms with Gasteiger partial charge in [0.25, 0.3) is 0 Å². The lowest BCUT2D eigenvalue weighted by Gasteiger charge is -2.13. The number of hydrogen-bond acceptors (Lipinski definition) is 4. The van der Waals surface area contributed by atoms with Gasteiger partial charge in [-0.1, -0.05) is 0 Å². The van der Waals surface area contributed by atoms with E-state index in [4.69, 9.17) is 19.9 Å². The van der Waals surface area contributed by atoms with Gasteiger partial charge in [0.1, 0.15) is 0 Å². The second-order valence-electron chi connectivity index (χ2n) is 3.11. The molecule has 0 aliphatic rings. The molecule has 1 aromatic carbocycles. The lowest BCUT2D eigenvalue weighted by molar-refractivity contribution is 0.251. The normalized spacial score (nSPS) is 9.59. The number of primary amides is 1. The third kappa shape index (κ3) is 3.17. The summed E-state index contributed by atoms with van der Waals surface area (Å²) >= 11 is 0. The first-order valence-electron chi connectivity index (χ1n) is 4.81. The van der Waals surface area contributed by atoms with Gasteiger partial charge in [0.15, 0.2) is 11.5 Å². The fourth-order valence-corrected chi connectivity index (χ4v) is 1.34. The number of methoxy groups -OCH3 is 3. The van der Waals surface area contributed by atoms with Crippen molar-refractivity contribution in [3.8, 4) is 17.2 Å². The Morgan fingerprint density at radius 1 is 1.18 bits per heavy atom. The Morgan fingerprint density at radius 3 is 2.06 bits per heavy atom. The molecule has 0 aliphatic carbocycles. The third-order valence-corrected chi connectivity index (χ3v) is 2.07. The molecule has 0 saturated carbocycles. The molecule has 0 bridgehead atoms. The Labute approximate surface area is 99.6 Å². The van der Waals surface area contributed by atoms with Crippen LogP contribution >= 0.6 is 0 Å². The topological polar surface area (TPSA) is 82.8 Å². The van der Waals surface area contributed by atoms with Crippen molar-refractivity contribution in [2.75, 3.05) is 21.3 Å². The van der Waals surface area contributed by atoms with E-state index in [0.29, 0.717) is 22.8 Å². The van der Waals surface area contributed by atoms with Crippen LogP contribution in [0.4, 0.5) is 4.79 Å². The van der Waals surface area contributed by atoms with Crippen LogP contribution in [0, 0.1) is 6.54 Å². The lowest BCUT2D eigenvalue weighted by atomic mass is 10.2. The van der Waals surface area contributed by atoms with E-state index >= 15 is 0 Å². The van der Waals surface area contributed by atoms with Crippen molar-refractivity contribution in [2.45, 2.75) is 0 Å². The molecule has 0 heterocycles. The van der Waals surface area contributed by atoms with Gasteiger partial charge in [0, 0.05) is 0 Å². The third-order valence-electron chi connectivity index (χ3n) is 2.07. The summed E-state index contributed by atoms with van der Waals surface area (Å²) in [5.41, 5.74) is 5.65. The predicted octanol–water partition coefficient (Wildman–Crippen LogP) is 0.891. The van der Waals surface area contributed by atoms with Crippen LogP contribution in [0.1, 0.15) is 5.56 Å². The molecule has 1 aromatic rings. The Balaban J connectivity index is 3.04. The molecule has 0 spiro atoms. The van der Waals surface area contributed by atoms with Gasteiger partial charge in [-0.2, -0.15) is 0 Å². The van der Waals surface area contributed by atoms with E-state index in [2.05, 4.69) is 5.32 Å². The molecular formula is C11H15N2O4. The molecule has 93 valence electrons. The molecule has 6 heteroatoms. The summed E-state index contributed by atoms with van der Waals surface area (Å²) < 4.78 is 15.5. The van der Waals surface area contributed by atoms with Gasteiger partial charge in [0.2, 0.25) is 5.75 Å². The first-order valence-corrected chi connectivity index (χ1v) is 4.81. The molecule has 0 saturated heterocycles. The number of benzene rings is 1. The van der Waals surface area contributed by atoms with E-state index in [1.54, 1.807) is 12.1 Å². The Bertz CT molecular complexity index is 381. The van der Waals surface area contributed by atoms with Gasteiger partial charge in [-0.15, -0.1) is 0 Å². The highest BCUT2D eigenvalue weighted by Crippen LogP contribution is 2.38. The van der Waals surface area contributed by atoms with Crippen molar-refractivity contribution in [2.24, 2.45) is 5.73 Å². The van der Waals surface area contributed by atoms with Crippen LogP contribution in [0.5, 0.6) is 17.2 Å². The van der Waals surface area contributed by atoms with E-state index in [-0.39, 0.29) is 0 Å².